The number of nitrogens with one attached hydrogen (secondary N) is 2. The Labute approximate surface area is 383 Å². The molecule has 6 aromatic carbocycles. The summed E-state index contributed by atoms with van der Waals surface area (Å²) in [7, 11) is 0. The smallest absolute Gasteiger partial charge is 0.0996 e. The van der Waals surface area contributed by atoms with Crippen LogP contribution in [-0.4, -0.2) is 45.9 Å². The number of hydrogen-bond donors (Lipinski definition) is 2. The van der Waals surface area contributed by atoms with Crippen LogP contribution in [0.5, 0.6) is 0 Å². The minimum Gasteiger partial charge on any atom is -0.378 e. The number of benzene rings is 6. The molecule has 312 valence electrons. The Morgan fingerprint density at radius 1 is 0.456 bits per heavy atom. The van der Waals surface area contributed by atoms with Crippen molar-refractivity contribution in [3.63, 3.8) is 0 Å². The maximum absolute atomic E-state index is 5.66. The molecule has 8 aromatic heterocycles. The van der Waals surface area contributed by atoms with E-state index in [4.69, 9.17) is 39.9 Å². The van der Waals surface area contributed by atoms with E-state index in [1.807, 2.05) is 0 Å². The molecule has 68 heavy (non-hydrogen) atoms. The Morgan fingerprint density at radius 2 is 1.07 bits per heavy atom. The van der Waals surface area contributed by atoms with Crippen LogP contribution in [0.1, 0.15) is 5.56 Å². The van der Waals surface area contributed by atoms with E-state index in [-0.39, 0.29) is 6.04 Å². The fraction of sp³-hybridized carbons (Fsp3) is 0.0345. The fourth-order valence-corrected chi connectivity index (χ4v) is 11.5. The highest BCUT2D eigenvalue weighted by molar-refractivity contribution is 6.27. The molecule has 0 fully saturated rings. The Kier molecular flexibility index (Phi) is 6.35. The lowest BCUT2D eigenvalue weighted by atomic mass is 10.0. The summed E-state index contributed by atoms with van der Waals surface area (Å²) in [5, 5.41) is 13.4. The second-order valence-corrected chi connectivity index (χ2v) is 18.4. The van der Waals surface area contributed by atoms with Crippen LogP contribution < -0.4 is 15.9 Å². The molecule has 0 saturated carbocycles. The van der Waals surface area contributed by atoms with Crippen LogP contribution >= 0.6 is 0 Å². The summed E-state index contributed by atoms with van der Waals surface area (Å²) in [6.45, 7) is 0. The van der Waals surface area contributed by atoms with Crippen LogP contribution in [0.4, 0.5) is 5.69 Å². The summed E-state index contributed by atoms with van der Waals surface area (Å²) in [6.07, 6.45) is 5.29. The molecule has 2 N–H and O–H groups in total. The van der Waals surface area contributed by atoms with Gasteiger partial charge in [0.25, 0.3) is 0 Å². The highest BCUT2D eigenvalue weighted by Gasteiger charge is 2.26. The Morgan fingerprint density at radius 3 is 1.84 bits per heavy atom. The summed E-state index contributed by atoms with van der Waals surface area (Å²) in [5.74, 6) is 0. The largest absolute Gasteiger partial charge is 0.378 e. The van der Waals surface area contributed by atoms with Gasteiger partial charge in [-0.1, -0.05) is 72.8 Å². The minimum atomic E-state index is 0.0973. The van der Waals surface area contributed by atoms with E-state index >= 15 is 0 Å². The molecule has 16 bridgehead atoms. The van der Waals surface area contributed by atoms with Crippen LogP contribution in [0.15, 0.2) is 156 Å². The lowest BCUT2D eigenvalue weighted by Gasteiger charge is -2.15. The highest BCUT2D eigenvalue weighted by atomic mass is 15.0. The molecule has 14 aromatic rings. The second kappa shape index (κ2) is 12.3. The Balaban J connectivity index is 1.03. The SMILES string of the molecule is C1=c2cccc3c2=N/C1=C\C1Cc2cccc(c2N1)-c1ccc2c(n1)c1nc-3ccc1c1nc3c4ccc5nc4c4nc(ccc4c3nc21)c1cccc2cc(cc3cc4cccc5c4[nH]3)nc21. The standard InChI is InChI=1S/C58H30N10/c1-5-27-21-31-25-32-22-28-6-2-10-36(48(28)60-32)44-18-14-40-52(64-44)51-39(13-17-43(63-51)35(9-1)47(27)59-31)55-56(40)68-58-42-16-20-46-38-12-4-8-30-24-34(62-50(30)38)26-33-23-29-7-3-11-37(49(29)61-33)45-19-15-41(57(58)67-55)53(65-45)54(42)66-46/h1-23,25-26,34,59,62H,24H2/b32-25?,33-26-. The third kappa shape index (κ3) is 4.64. The van der Waals surface area contributed by atoms with Crippen LogP contribution in [0.3, 0.4) is 0 Å². The topological polar surface area (TPSA) is 130 Å². The molecule has 1 unspecified atom stereocenters. The number of allylic oxidation sites excluding steroid dienone is 1. The van der Waals surface area contributed by atoms with E-state index in [0.717, 1.165) is 171 Å². The molecule has 0 aliphatic carbocycles. The Hall–Kier alpha value is -9.28. The lowest BCUT2D eigenvalue weighted by Crippen LogP contribution is -2.23. The molecule has 0 saturated heterocycles. The predicted molar refractivity (Wildman–Crippen MR) is 273 cm³/mol. The number of aromatic nitrogens is 8. The van der Waals surface area contributed by atoms with E-state index in [9.17, 15) is 0 Å². The first-order chi connectivity index (χ1) is 33.6. The molecular weight excluding hydrogens is 837 g/mol. The number of rotatable bonds is 0. The van der Waals surface area contributed by atoms with Gasteiger partial charge in [-0.05, 0) is 90.9 Å². The molecule has 0 radical (unpaired) electrons. The molecule has 10 nitrogen and oxygen atoms in total. The third-order valence-corrected chi connectivity index (χ3v) is 14.5. The van der Waals surface area contributed by atoms with Crippen molar-refractivity contribution in [3.05, 3.63) is 167 Å². The summed E-state index contributed by atoms with van der Waals surface area (Å²) in [5.41, 5.74) is 18.4. The normalized spacial score (nSPS) is 15.8. The van der Waals surface area contributed by atoms with E-state index in [1.165, 1.54) is 5.56 Å². The van der Waals surface area contributed by atoms with Crippen LogP contribution in [0.25, 0.3) is 149 Å². The molecule has 0 amide bonds. The van der Waals surface area contributed by atoms with Gasteiger partial charge in [-0.25, -0.2) is 39.9 Å². The first-order valence-corrected chi connectivity index (χ1v) is 22.9. The number of para-hydroxylation sites is 4. The number of fused-ring (bicyclic) bond motifs is 18. The van der Waals surface area contributed by atoms with E-state index in [2.05, 4.69) is 162 Å². The van der Waals surface area contributed by atoms with Crippen molar-refractivity contribution in [2.75, 3.05) is 5.32 Å². The quantitative estimate of drug-likeness (QED) is 0.114. The second-order valence-electron chi connectivity index (χ2n) is 18.4. The zero-order chi connectivity index (χ0) is 43.9. The van der Waals surface area contributed by atoms with Crippen LogP contribution in [0, 0.1) is 0 Å². The lowest BCUT2D eigenvalue weighted by molar-refractivity contribution is 0.916. The molecule has 11 heterocycles. The van der Waals surface area contributed by atoms with Gasteiger partial charge in [-0.3, -0.25) is 0 Å². The van der Waals surface area contributed by atoms with Gasteiger partial charge >= 0.3 is 0 Å². The van der Waals surface area contributed by atoms with Crippen molar-refractivity contribution < 1.29 is 0 Å². The van der Waals surface area contributed by atoms with Gasteiger partial charge in [-0.15, -0.1) is 0 Å². The number of anilines is 1. The monoisotopic (exact) mass is 866 g/mol. The third-order valence-electron chi connectivity index (χ3n) is 14.5. The van der Waals surface area contributed by atoms with Crippen LogP contribution in [0.2, 0.25) is 0 Å². The molecule has 17 rings (SSSR count). The molecule has 3 aliphatic heterocycles. The minimum absolute atomic E-state index is 0.0973. The molecule has 0 spiro atoms. The maximum Gasteiger partial charge on any atom is 0.0996 e. The highest BCUT2D eigenvalue weighted by Crippen LogP contribution is 2.42. The van der Waals surface area contributed by atoms with Crippen molar-refractivity contribution in [1.29, 1.82) is 0 Å². The van der Waals surface area contributed by atoms with E-state index in [1.54, 1.807) is 0 Å². The first-order valence-electron chi connectivity index (χ1n) is 22.9. The average Bonchev–Trinajstić information content (AvgIpc) is 4.19. The summed E-state index contributed by atoms with van der Waals surface area (Å²) in [4.78, 5) is 47.4. The zero-order valence-corrected chi connectivity index (χ0v) is 35.8. The number of nitrogens with zero attached hydrogens (tertiary/aromatic N) is 8. The number of H-pyrrole nitrogens is 1. The van der Waals surface area contributed by atoms with E-state index in [0.29, 0.717) is 0 Å². The van der Waals surface area contributed by atoms with Crippen molar-refractivity contribution in [2.24, 2.45) is 4.99 Å². The molecule has 1 atom stereocenters. The van der Waals surface area contributed by atoms with Gasteiger partial charge in [0.05, 0.1) is 100 Å². The Bertz CT molecular complexity index is 4940. The van der Waals surface area contributed by atoms with Gasteiger partial charge in [0.15, 0.2) is 0 Å². The number of pyridine rings is 4. The van der Waals surface area contributed by atoms with Gasteiger partial charge in [0, 0.05) is 70.6 Å². The van der Waals surface area contributed by atoms with E-state index < -0.39 is 0 Å². The van der Waals surface area contributed by atoms with Gasteiger partial charge in [0.1, 0.15) is 0 Å². The maximum atomic E-state index is 5.66. The summed E-state index contributed by atoms with van der Waals surface area (Å²) >= 11 is 0. The van der Waals surface area contributed by atoms with Crippen molar-refractivity contribution in [3.8, 4) is 22.5 Å². The fourth-order valence-electron chi connectivity index (χ4n) is 11.5. The predicted octanol–water partition coefficient (Wildman–Crippen LogP) is 11.4. The summed E-state index contributed by atoms with van der Waals surface area (Å²) in [6, 6.07) is 49.0. The molecular formula is C58H30N10. The van der Waals surface area contributed by atoms with Crippen molar-refractivity contribution >= 4 is 132 Å². The molecule has 3 aliphatic rings. The first kappa shape index (κ1) is 35.0. The van der Waals surface area contributed by atoms with Gasteiger partial charge in [0.2, 0.25) is 0 Å². The summed E-state index contributed by atoms with van der Waals surface area (Å²) < 4.78 is 0. The number of hydrogen-bond acceptors (Lipinski definition) is 9. The molecule has 10 heteroatoms. The van der Waals surface area contributed by atoms with Gasteiger partial charge in [-0.2, -0.15) is 0 Å². The van der Waals surface area contributed by atoms with Gasteiger partial charge < -0.3 is 10.3 Å². The van der Waals surface area contributed by atoms with Crippen LogP contribution in [-0.2, 0) is 6.42 Å². The van der Waals surface area contributed by atoms with Crippen molar-refractivity contribution in [1.82, 2.24) is 39.9 Å². The number of aromatic amines is 1. The average molecular weight is 867 g/mol. The van der Waals surface area contributed by atoms with Crippen molar-refractivity contribution in [2.45, 2.75) is 12.5 Å². The zero-order valence-electron chi connectivity index (χ0n) is 35.8.